The van der Waals surface area contributed by atoms with Crippen molar-refractivity contribution in [3.05, 3.63) is 29.8 Å². The number of likely N-dealkylation sites (tertiary alicyclic amines) is 1. The van der Waals surface area contributed by atoms with Gasteiger partial charge in [-0.2, -0.15) is 5.10 Å². The van der Waals surface area contributed by atoms with Crippen LogP contribution < -0.4 is 0 Å². The fourth-order valence-corrected chi connectivity index (χ4v) is 2.98. The third-order valence-electron chi connectivity index (χ3n) is 4.00. The molecule has 0 aliphatic carbocycles. The standard InChI is InChI=1S/C15H21N5/c1-4-20-15(7-8-16-20)13-10-12(17-11(2)18-13)14-6-5-9-19(14)3/h7-8,10,14H,4-6,9H2,1-3H3/t14-/m0/s1. The predicted octanol–water partition coefficient (Wildman–Crippen LogP) is 2.44. The molecule has 1 aliphatic rings. The monoisotopic (exact) mass is 271 g/mol. The normalized spacial score (nSPS) is 19.6. The van der Waals surface area contributed by atoms with E-state index in [9.17, 15) is 0 Å². The topological polar surface area (TPSA) is 46.8 Å². The highest BCUT2D eigenvalue weighted by Crippen LogP contribution is 2.30. The molecule has 0 unspecified atom stereocenters. The Bertz CT molecular complexity index is 604. The Hall–Kier alpha value is -1.75. The van der Waals surface area contributed by atoms with Crippen LogP contribution in [0.5, 0.6) is 0 Å². The number of hydrogen-bond acceptors (Lipinski definition) is 4. The summed E-state index contributed by atoms with van der Waals surface area (Å²) in [6, 6.07) is 4.57. The highest BCUT2D eigenvalue weighted by Gasteiger charge is 2.24. The maximum absolute atomic E-state index is 4.65. The van der Waals surface area contributed by atoms with Gasteiger partial charge in [-0.25, -0.2) is 9.97 Å². The summed E-state index contributed by atoms with van der Waals surface area (Å²) in [6.45, 7) is 6.06. The molecule has 5 heteroatoms. The first kappa shape index (κ1) is 13.2. The van der Waals surface area contributed by atoms with E-state index in [4.69, 9.17) is 0 Å². The molecule has 1 saturated heterocycles. The Kier molecular flexibility index (Phi) is 3.53. The van der Waals surface area contributed by atoms with Gasteiger partial charge in [-0.15, -0.1) is 0 Å². The van der Waals surface area contributed by atoms with E-state index in [1.165, 1.54) is 12.8 Å². The third-order valence-corrected chi connectivity index (χ3v) is 4.00. The molecule has 3 heterocycles. The van der Waals surface area contributed by atoms with Crippen molar-refractivity contribution in [1.29, 1.82) is 0 Å². The molecular weight excluding hydrogens is 250 g/mol. The van der Waals surface area contributed by atoms with Crippen molar-refractivity contribution in [2.45, 2.75) is 39.3 Å². The van der Waals surface area contributed by atoms with Gasteiger partial charge in [-0.1, -0.05) is 0 Å². The Balaban J connectivity index is 2.02. The maximum atomic E-state index is 4.65. The van der Waals surface area contributed by atoms with Gasteiger partial charge in [0.25, 0.3) is 0 Å². The lowest BCUT2D eigenvalue weighted by Gasteiger charge is -2.19. The van der Waals surface area contributed by atoms with Crippen LogP contribution in [-0.2, 0) is 6.54 Å². The second-order valence-corrected chi connectivity index (χ2v) is 5.40. The first-order valence-corrected chi connectivity index (χ1v) is 7.27. The molecular formula is C15H21N5. The average molecular weight is 271 g/mol. The number of rotatable bonds is 3. The molecule has 0 N–H and O–H groups in total. The second kappa shape index (κ2) is 5.32. The molecule has 20 heavy (non-hydrogen) atoms. The van der Waals surface area contributed by atoms with Crippen LogP contribution in [0, 0.1) is 6.92 Å². The van der Waals surface area contributed by atoms with Crippen molar-refractivity contribution in [3.63, 3.8) is 0 Å². The van der Waals surface area contributed by atoms with Gasteiger partial charge in [0, 0.05) is 12.7 Å². The van der Waals surface area contributed by atoms with Crippen LogP contribution in [0.2, 0.25) is 0 Å². The molecule has 106 valence electrons. The second-order valence-electron chi connectivity index (χ2n) is 5.40. The molecule has 2 aromatic rings. The molecule has 0 amide bonds. The van der Waals surface area contributed by atoms with Gasteiger partial charge in [0.2, 0.25) is 0 Å². The Morgan fingerprint density at radius 3 is 2.90 bits per heavy atom. The number of aromatic nitrogens is 4. The minimum atomic E-state index is 0.424. The van der Waals surface area contributed by atoms with E-state index in [-0.39, 0.29) is 0 Å². The summed E-state index contributed by atoms with van der Waals surface area (Å²) < 4.78 is 1.98. The van der Waals surface area contributed by atoms with Crippen LogP contribution in [0.25, 0.3) is 11.4 Å². The van der Waals surface area contributed by atoms with Gasteiger partial charge >= 0.3 is 0 Å². The lowest BCUT2D eigenvalue weighted by Crippen LogP contribution is -2.19. The summed E-state index contributed by atoms with van der Waals surface area (Å²) in [6.07, 6.45) is 4.25. The minimum Gasteiger partial charge on any atom is -0.298 e. The van der Waals surface area contributed by atoms with Crippen LogP contribution >= 0.6 is 0 Å². The van der Waals surface area contributed by atoms with Gasteiger partial charge < -0.3 is 0 Å². The summed E-state index contributed by atoms with van der Waals surface area (Å²) in [5.41, 5.74) is 3.18. The van der Waals surface area contributed by atoms with Gasteiger partial charge in [0.05, 0.1) is 23.1 Å². The first-order valence-electron chi connectivity index (χ1n) is 7.27. The number of hydrogen-bond donors (Lipinski definition) is 0. The molecule has 0 radical (unpaired) electrons. The molecule has 5 nitrogen and oxygen atoms in total. The van der Waals surface area contributed by atoms with Crippen LogP contribution in [0.1, 0.15) is 37.3 Å². The van der Waals surface area contributed by atoms with E-state index in [0.29, 0.717) is 6.04 Å². The van der Waals surface area contributed by atoms with Gasteiger partial charge in [0.1, 0.15) is 5.82 Å². The van der Waals surface area contributed by atoms with Crippen LogP contribution in [-0.4, -0.2) is 38.2 Å². The lowest BCUT2D eigenvalue weighted by atomic mass is 10.1. The third kappa shape index (κ3) is 2.33. The van der Waals surface area contributed by atoms with Gasteiger partial charge in [-0.3, -0.25) is 9.58 Å². The SMILES string of the molecule is CCn1nccc1-c1cc([C@@H]2CCCN2C)nc(C)n1. The smallest absolute Gasteiger partial charge is 0.126 e. The van der Waals surface area contributed by atoms with E-state index in [2.05, 4.69) is 40.0 Å². The molecule has 1 aliphatic heterocycles. The van der Waals surface area contributed by atoms with Crippen molar-refractivity contribution >= 4 is 0 Å². The molecule has 2 aromatic heterocycles. The summed E-state index contributed by atoms with van der Waals surface area (Å²) in [4.78, 5) is 11.6. The molecule has 1 fully saturated rings. The maximum Gasteiger partial charge on any atom is 0.126 e. The summed E-state index contributed by atoms with van der Waals surface area (Å²) in [5.74, 6) is 0.835. The molecule has 0 saturated carbocycles. The van der Waals surface area contributed by atoms with Crippen molar-refractivity contribution in [1.82, 2.24) is 24.6 Å². The van der Waals surface area contributed by atoms with Gasteiger partial charge in [0.15, 0.2) is 0 Å². The number of aryl methyl sites for hydroxylation is 2. The first-order chi connectivity index (χ1) is 9.69. The van der Waals surface area contributed by atoms with Crippen LogP contribution in [0.15, 0.2) is 18.3 Å². The summed E-state index contributed by atoms with van der Waals surface area (Å²) >= 11 is 0. The average Bonchev–Trinajstić information content (AvgIpc) is 3.05. The molecule has 0 bridgehead atoms. The van der Waals surface area contributed by atoms with Crippen molar-refractivity contribution in [2.75, 3.05) is 13.6 Å². The molecule has 0 spiro atoms. The summed E-state index contributed by atoms with van der Waals surface area (Å²) in [5, 5.41) is 4.33. The fourth-order valence-electron chi connectivity index (χ4n) is 2.98. The van der Waals surface area contributed by atoms with E-state index in [1.807, 2.05) is 23.9 Å². The van der Waals surface area contributed by atoms with Gasteiger partial charge in [-0.05, 0) is 52.4 Å². The minimum absolute atomic E-state index is 0.424. The van der Waals surface area contributed by atoms with E-state index in [1.54, 1.807) is 0 Å². The zero-order valence-electron chi connectivity index (χ0n) is 12.4. The van der Waals surface area contributed by atoms with Crippen molar-refractivity contribution in [2.24, 2.45) is 0 Å². The Morgan fingerprint density at radius 2 is 2.20 bits per heavy atom. The quantitative estimate of drug-likeness (QED) is 0.860. The van der Waals surface area contributed by atoms with E-state index < -0.39 is 0 Å². The Labute approximate surface area is 119 Å². The van der Waals surface area contributed by atoms with E-state index >= 15 is 0 Å². The van der Waals surface area contributed by atoms with Crippen molar-refractivity contribution in [3.8, 4) is 11.4 Å². The molecule has 1 atom stereocenters. The van der Waals surface area contributed by atoms with E-state index in [0.717, 1.165) is 36.0 Å². The van der Waals surface area contributed by atoms with Crippen LogP contribution in [0.3, 0.4) is 0 Å². The highest BCUT2D eigenvalue weighted by molar-refractivity contribution is 5.54. The number of nitrogens with zero attached hydrogens (tertiary/aromatic N) is 5. The zero-order chi connectivity index (χ0) is 14.1. The highest BCUT2D eigenvalue weighted by atomic mass is 15.3. The van der Waals surface area contributed by atoms with Crippen LogP contribution in [0.4, 0.5) is 0 Å². The lowest BCUT2D eigenvalue weighted by molar-refractivity contribution is 0.311. The Morgan fingerprint density at radius 1 is 1.35 bits per heavy atom. The summed E-state index contributed by atoms with van der Waals surface area (Å²) in [7, 11) is 2.17. The predicted molar refractivity (Wildman–Crippen MR) is 78.3 cm³/mol. The fraction of sp³-hybridized carbons (Fsp3) is 0.533. The largest absolute Gasteiger partial charge is 0.298 e. The molecule has 0 aromatic carbocycles. The van der Waals surface area contributed by atoms with Crippen molar-refractivity contribution < 1.29 is 0 Å². The molecule has 3 rings (SSSR count). The zero-order valence-corrected chi connectivity index (χ0v) is 12.4.